The minimum atomic E-state index is -0.168. The average molecular weight is 380 g/mol. The maximum absolute atomic E-state index is 12.8. The van der Waals surface area contributed by atoms with Crippen LogP contribution in [0, 0.1) is 0 Å². The predicted octanol–water partition coefficient (Wildman–Crippen LogP) is 2.57. The molecule has 2 amide bonds. The third-order valence-corrected chi connectivity index (χ3v) is 5.14. The molecule has 2 heterocycles. The fraction of sp³-hybridized carbons (Fsp3) is 0.409. The molecule has 1 atom stereocenters. The lowest BCUT2D eigenvalue weighted by Crippen LogP contribution is -2.48. The Hall–Kier alpha value is -2.73. The fourth-order valence-electron chi connectivity index (χ4n) is 3.21. The fourth-order valence-corrected chi connectivity index (χ4v) is 3.21. The van der Waals surface area contributed by atoms with Crippen molar-refractivity contribution >= 4 is 11.8 Å². The molecule has 1 aliphatic heterocycles. The first-order chi connectivity index (χ1) is 13.6. The van der Waals surface area contributed by atoms with E-state index in [1.807, 2.05) is 36.9 Å². The van der Waals surface area contributed by atoms with Gasteiger partial charge in [-0.25, -0.2) is 0 Å². The predicted molar refractivity (Wildman–Crippen MR) is 109 cm³/mol. The number of pyridine rings is 1. The second-order valence-electron chi connectivity index (χ2n) is 7.27. The molecule has 0 saturated carbocycles. The molecule has 1 aromatic carbocycles. The monoisotopic (exact) mass is 380 g/mol. The van der Waals surface area contributed by atoms with Gasteiger partial charge < -0.3 is 10.2 Å². The SMILES string of the molecule is CCC(C)NC(=O)c1ccnc(C(=O)N2CCN(Cc3ccccc3)CC2)c1. The van der Waals surface area contributed by atoms with Gasteiger partial charge in [0.25, 0.3) is 11.8 Å². The van der Waals surface area contributed by atoms with Gasteiger partial charge in [-0.05, 0) is 31.0 Å². The highest BCUT2D eigenvalue weighted by molar-refractivity contribution is 5.98. The van der Waals surface area contributed by atoms with Gasteiger partial charge in [0.15, 0.2) is 0 Å². The number of nitrogens with one attached hydrogen (secondary N) is 1. The first-order valence-electron chi connectivity index (χ1n) is 9.89. The van der Waals surface area contributed by atoms with Gasteiger partial charge >= 0.3 is 0 Å². The average Bonchev–Trinajstić information content (AvgIpc) is 2.74. The van der Waals surface area contributed by atoms with Gasteiger partial charge in [0, 0.05) is 50.5 Å². The zero-order chi connectivity index (χ0) is 19.9. The van der Waals surface area contributed by atoms with Gasteiger partial charge in [-0.3, -0.25) is 19.5 Å². The summed E-state index contributed by atoms with van der Waals surface area (Å²) in [7, 11) is 0. The molecule has 2 aromatic rings. The van der Waals surface area contributed by atoms with Crippen LogP contribution in [0.2, 0.25) is 0 Å². The molecule has 3 rings (SSSR count). The molecule has 1 fully saturated rings. The van der Waals surface area contributed by atoms with Crippen molar-refractivity contribution in [1.29, 1.82) is 0 Å². The minimum absolute atomic E-state index is 0.0949. The standard InChI is InChI=1S/C22H28N4O2/c1-3-17(2)24-21(27)19-9-10-23-20(15-19)22(28)26-13-11-25(12-14-26)16-18-7-5-4-6-8-18/h4-10,15,17H,3,11-14,16H2,1-2H3,(H,24,27). The number of rotatable bonds is 6. The van der Waals surface area contributed by atoms with Crippen LogP contribution in [0.3, 0.4) is 0 Å². The minimum Gasteiger partial charge on any atom is -0.350 e. The molecule has 1 saturated heterocycles. The number of aromatic nitrogens is 1. The lowest BCUT2D eigenvalue weighted by atomic mass is 10.1. The summed E-state index contributed by atoms with van der Waals surface area (Å²) in [6.07, 6.45) is 2.39. The summed E-state index contributed by atoms with van der Waals surface area (Å²) < 4.78 is 0. The third-order valence-electron chi connectivity index (χ3n) is 5.14. The number of amides is 2. The topological polar surface area (TPSA) is 65.5 Å². The van der Waals surface area contributed by atoms with Crippen molar-refractivity contribution in [2.45, 2.75) is 32.9 Å². The molecule has 6 nitrogen and oxygen atoms in total. The van der Waals surface area contributed by atoms with Gasteiger partial charge in [0.2, 0.25) is 0 Å². The quantitative estimate of drug-likeness (QED) is 0.837. The molecule has 0 bridgehead atoms. The molecule has 1 aliphatic rings. The highest BCUT2D eigenvalue weighted by atomic mass is 16.2. The number of benzene rings is 1. The molecule has 148 valence electrons. The van der Waals surface area contributed by atoms with Gasteiger partial charge in [-0.15, -0.1) is 0 Å². The molecule has 1 N–H and O–H groups in total. The molecule has 28 heavy (non-hydrogen) atoms. The molecule has 6 heteroatoms. The molecular formula is C22H28N4O2. The van der Waals surface area contributed by atoms with E-state index in [-0.39, 0.29) is 17.9 Å². The summed E-state index contributed by atoms with van der Waals surface area (Å²) in [5, 5.41) is 2.92. The van der Waals surface area contributed by atoms with Crippen molar-refractivity contribution < 1.29 is 9.59 Å². The van der Waals surface area contributed by atoms with Crippen LogP contribution in [0.5, 0.6) is 0 Å². The molecular weight excluding hydrogens is 352 g/mol. The third kappa shape index (κ3) is 5.16. The number of hydrogen-bond acceptors (Lipinski definition) is 4. The Bertz CT molecular complexity index is 801. The zero-order valence-electron chi connectivity index (χ0n) is 16.6. The summed E-state index contributed by atoms with van der Waals surface area (Å²) >= 11 is 0. The molecule has 0 aliphatic carbocycles. The maximum atomic E-state index is 12.8. The van der Waals surface area contributed by atoms with Crippen LogP contribution in [-0.2, 0) is 6.54 Å². The van der Waals surface area contributed by atoms with Crippen LogP contribution >= 0.6 is 0 Å². The van der Waals surface area contributed by atoms with E-state index in [1.165, 1.54) is 11.8 Å². The van der Waals surface area contributed by atoms with Crippen molar-refractivity contribution in [3.05, 3.63) is 65.5 Å². The largest absolute Gasteiger partial charge is 0.350 e. The summed E-state index contributed by atoms with van der Waals surface area (Å²) in [6.45, 7) is 7.85. The maximum Gasteiger partial charge on any atom is 0.272 e. The van der Waals surface area contributed by atoms with E-state index in [0.29, 0.717) is 24.3 Å². The van der Waals surface area contributed by atoms with Crippen molar-refractivity contribution in [1.82, 2.24) is 20.1 Å². The Morgan fingerprint density at radius 2 is 1.82 bits per heavy atom. The highest BCUT2D eigenvalue weighted by Gasteiger charge is 2.23. The first kappa shape index (κ1) is 20.0. The van der Waals surface area contributed by atoms with E-state index < -0.39 is 0 Å². The van der Waals surface area contributed by atoms with E-state index in [4.69, 9.17) is 0 Å². The molecule has 1 unspecified atom stereocenters. The summed E-state index contributed by atoms with van der Waals surface area (Å²) in [6, 6.07) is 13.7. The van der Waals surface area contributed by atoms with Crippen LogP contribution in [0.1, 0.15) is 46.7 Å². The Morgan fingerprint density at radius 3 is 2.50 bits per heavy atom. The summed E-state index contributed by atoms with van der Waals surface area (Å²) in [5.41, 5.74) is 2.08. The van der Waals surface area contributed by atoms with E-state index in [1.54, 1.807) is 12.1 Å². The van der Waals surface area contributed by atoms with Crippen molar-refractivity contribution in [2.24, 2.45) is 0 Å². The summed E-state index contributed by atoms with van der Waals surface area (Å²) in [4.78, 5) is 33.5. The van der Waals surface area contributed by atoms with Crippen LogP contribution in [0.4, 0.5) is 0 Å². The van der Waals surface area contributed by atoms with Crippen LogP contribution < -0.4 is 5.32 Å². The number of nitrogens with zero attached hydrogens (tertiary/aromatic N) is 3. The van der Waals surface area contributed by atoms with E-state index in [0.717, 1.165) is 26.1 Å². The van der Waals surface area contributed by atoms with E-state index in [9.17, 15) is 9.59 Å². The number of hydrogen-bond donors (Lipinski definition) is 1. The zero-order valence-corrected chi connectivity index (χ0v) is 16.6. The Kier molecular flexibility index (Phi) is 6.76. The smallest absolute Gasteiger partial charge is 0.272 e. The molecule has 1 aromatic heterocycles. The Morgan fingerprint density at radius 1 is 1.11 bits per heavy atom. The second-order valence-corrected chi connectivity index (χ2v) is 7.27. The molecule has 0 spiro atoms. The second kappa shape index (κ2) is 9.46. The lowest BCUT2D eigenvalue weighted by Gasteiger charge is -2.34. The Labute approximate surface area is 166 Å². The van der Waals surface area contributed by atoms with E-state index >= 15 is 0 Å². The lowest BCUT2D eigenvalue weighted by molar-refractivity contribution is 0.0622. The Balaban J connectivity index is 1.57. The van der Waals surface area contributed by atoms with Gasteiger partial charge in [0.05, 0.1) is 0 Å². The van der Waals surface area contributed by atoms with Crippen LogP contribution in [0.25, 0.3) is 0 Å². The van der Waals surface area contributed by atoms with Crippen molar-refractivity contribution in [2.75, 3.05) is 26.2 Å². The molecule has 0 radical (unpaired) electrons. The van der Waals surface area contributed by atoms with Crippen molar-refractivity contribution in [3.63, 3.8) is 0 Å². The van der Waals surface area contributed by atoms with Gasteiger partial charge in [0.1, 0.15) is 5.69 Å². The number of carbonyl (C=O) groups is 2. The van der Waals surface area contributed by atoms with Crippen molar-refractivity contribution in [3.8, 4) is 0 Å². The highest BCUT2D eigenvalue weighted by Crippen LogP contribution is 2.12. The number of carbonyl (C=O) groups excluding carboxylic acids is 2. The van der Waals surface area contributed by atoms with Gasteiger partial charge in [-0.2, -0.15) is 0 Å². The van der Waals surface area contributed by atoms with Crippen LogP contribution in [0.15, 0.2) is 48.7 Å². The van der Waals surface area contributed by atoms with Gasteiger partial charge in [-0.1, -0.05) is 37.3 Å². The first-order valence-corrected chi connectivity index (χ1v) is 9.89. The normalized spacial score (nSPS) is 15.9. The van der Waals surface area contributed by atoms with Crippen LogP contribution in [-0.4, -0.2) is 58.8 Å². The summed E-state index contributed by atoms with van der Waals surface area (Å²) in [5.74, 6) is -0.281. The number of piperazine rings is 1. The van der Waals surface area contributed by atoms with E-state index in [2.05, 4.69) is 27.3 Å².